The topological polar surface area (TPSA) is 47.9 Å². The third-order valence-electron chi connectivity index (χ3n) is 5.61. The van der Waals surface area contributed by atoms with E-state index in [1.165, 1.54) is 19.3 Å². The molecule has 0 bridgehead atoms. The van der Waals surface area contributed by atoms with Gasteiger partial charge in [-0.3, -0.25) is 0 Å². The van der Waals surface area contributed by atoms with Gasteiger partial charge in [0.15, 0.2) is 0 Å². The van der Waals surface area contributed by atoms with E-state index in [2.05, 4.69) is 13.5 Å². The first-order chi connectivity index (χ1) is 12.6. The molecule has 1 aromatic rings. The van der Waals surface area contributed by atoms with E-state index in [0.29, 0.717) is 12.5 Å². The van der Waals surface area contributed by atoms with Crippen molar-refractivity contribution in [2.75, 3.05) is 14.2 Å². The number of methoxy groups -OCH3 is 2. The molecule has 0 aliphatic heterocycles. The Morgan fingerprint density at radius 1 is 1.15 bits per heavy atom. The zero-order valence-electron chi connectivity index (χ0n) is 16.4. The van der Waals surface area contributed by atoms with Crippen molar-refractivity contribution in [3.63, 3.8) is 0 Å². The van der Waals surface area contributed by atoms with Crippen molar-refractivity contribution in [2.24, 2.45) is 11.8 Å². The Morgan fingerprint density at radius 3 is 2.35 bits per heavy atom. The van der Waals surface area contributed by atoms with Crippen LogP contribution in [0.3, 0.4) is 0 Å². The molecule has 1 aliphatic rings. The van der Waals surface area contributed by atoms with Crippen molar-refractivity contribution in [3.8, 4) is 5.75 Å². The standard InChI is InChI=1S/C22H34O4/c1-5-20(25-4)21(23)16(2)22(18-9-7-6-8-10-18)26-15-17-11-13-19(24-3)14-12-17/h5,11-14,16,18,20-23H,1,6-10,15H2,2-4H3/t16-,20-,21+,22+/m1/s1. The SMILES string of the molecule is C=C[C@@H](OC)[C@@H](O)[C@@H](C)[C@H](OCc1ccc(OC)cc1)C1CCCCC1. The molecule has 0 radical (unpaired) electrons. The fourth-order valence-electron chi connectivity index (χ4n) is 3.96. The molecule has 0 heterocycles. The summed E-state index contributed by atoms with van der Waals surface area (Å²) in [6, 6.07) is 7.95. The maximum atomic E-state index is 10.8. The van der Waals surface area contributed by atoms with Crippen LogP contribution in [0.1, 0.15) is 44.6 Å². The minimum Gasteiger partial charge on any atom is -0.497 e. The van der Waals surface area contributed by atoms with Gasteiger partial charge in [-0.2, -0.15) is 0 Å². The van der Waals surface area contributed by atoms with Crippen molar-refractivity contribution in [1.82, 2.24) is 0 Å². The molecule has 1 aromatic carbocycles. The average molecular weight is 363 g/mol. The molecular formula is C22H34O4. The van der Waals surface area contributed by atoms with E-state index >= 15 is 0 Å². The van der Waals surface area contributed by atoms with E-state index in [1.807, 2.05) is 24.3 Å². The van der Waals surface area contributed by atoms with Gasteiger partial charge in [-0.05, 0) is 36.5 Å². The molecule has 2 rings (SSSR count). The maximum absolute atomic E-state index is 10.8. The van der Waals surface area contributed by atoms with Crippen LogP contribution in [0.2, 0.25) is 0 Å². The monoisotopic (exact) mass is 362 g/mol. The van der Waals surface area contributed by atoms with Gasteiger partial charge in [-0.15, -0.1) is 6.58 Å². The molecule has 146 valence electrons. The molecule has 0 spiro atoms. The minimum absolute atomic E-state index is 0.00463. The summed E-state index contributed by atoms with van der Waals surface area (Å²) >= 11 is 0. The van der Waals surface area contributed by atoms with Crippen molar-refractivity contribution in [2.45, 2.75) is 63.9 Å². The highest BCUT2D eigenvalue weighted by atomic mass is 16.5. The average Bonchev–Trinajstić information content (AvgIpc) is 2.70. The summed E-state index contributed by atoms with van der Waals surface area (Å²) < 4.78 is 17.0. The Kier molecular flexibility index (Phi) is 8.63. The summed E-state index contributed by atoms with van der Waals surface area (Å²) in [5.41, 5.74) is 1.11. The second kappa shape index (κ2) is 10.7. The number of rotatable bonds is 10. The molecule has 1 fully saturated rings. The summed E-state index contributed by atoms with van der Waals surface area (Å²) in [5, 5.41) is 10.8. The third kappa shape index (κ3) is 5.57. The lowest BCUT2D eigenvalue weighted by Gasteiger charge is -2.37. The molecule has 0 saturated heterocycles. The van der Waals surface area contributed by atoms with E-state index in [1.54, 1.807) is 20.3 Å². The van der Waals surface area contributed by atoms with Crippen LogP contribution >= 0.6 is 0 Å². The third-order valence-corrected chi connectivity index (χ3v) is 5.61. The lowest BCUT2D eigenvalue weighted by molar-refractivity contribution is -0.101. The number of aliphatic hydroxyl groups excluding tert-OH is 1. The second-order valence-corrected chi connectivity index (χ2v) is 7.31. The molecule has 0 aromatic heterocycles. The van der Waals surface area contributed by atoms with Crippen LogP contribution < -0.4 is 4.74 Å². The number of hydrogen-bond acceptors (Lipinski definition) is 4. The van der Waals surface area contributed by atoms with Gasteiger partial charge in [-0.1, -0.05) is 44.4 Å². The Hall–Kier alpha value is -1.36. The second-order valence-electron chi connectivity index (χ2n) is 7.31. The normalized spacial score (nSPS) is 20.2. The summed E-state index contributed by atoms with van der Waals surface area (Å²) in [6.45, 7) is 6.38. The van der Waals surface area contributed by atoms with Crippen molar-refractivity contribution < 1.29 is 19.3 Å². The Labute approximate surface area is 158 Å². The number of ether oxygens (including phenoxy) is 3. The van der Waals surface area contributed by atoms with Crippen LogP contribution in [-0.4, -0.2) is 37.6 Å². The van der Waals surface area contributed by atoms with E-state index < -0.39 is 6.10 Å². The molecule has 4 heteroatoms. The molecule has 4 atom stereocenters. The van der Waals surface area contributed by atoms with Crippen LogP contribution in [0, 0.1) is 11.8 Å². The van der Waals surface area contributed by atoms with Crippen molar-refractivity contribution >= 4 is 0 Å². The fourth-order valence-corrected chi connectivity index (χ4v) is 3.96. The van der Waals surface area contributed by atoms with E-state index in [-0.39, 0.29) is 18.1 Å². The molecule has 26 heavy (non-hydrogen) atoms. The van der Waals surface area contributed by atoms with Gasteiger partial charge in [0, 0.05) is 13.0 Å². The molecule has 1 N–H and O–H groups in total. The molecule has 4 nitrogen and oxygen atoms in total. The summed E-state index contributed by atoms with van der Waals surface area (Å²) in [6.07, 6.45) is 6.78. The van der Waals surface area contributed by atoms with Crippen LogP contribution in [0.4, 0.5) is 0 Å². The highest BCUT2D eigenvalue weighted by Crippen LogP contribution is 2.34. The smallest absolute Gasteiger partial charge is 0.118 e. The van der Waals surface area contributed by atoms with Crippen LogP contribution in [-0.2, 0) is 16.1 Å². The van der Waals surface area contributed by atoms with Gasteiger partial charge in [0.05, 0.1) is 25.9 Å². The highest BCUT2D eigenvalue weighted by molar-refractivity contribution is 5.26. The number of benzene rings is 1. The van der Waals surface area contributed by atoms with Crippen LogP contribution in [0.15, 0.2) is 36.9 Å². The van der Waals surface area contributed by atoms with Crippen molar-refractivity contribution in [3.05, 3.63) is 42.5 Å². The minimum atomic E-state index is -0.625. The van der Waals surface area contributed by atoms with E-state index in [4.69, 9.17) is 14.2 Å². The van der Waals surface area contributed by atoms with Gasteiger partial charge in [0.25, 0.3) is 0 Å². The number of hydrogen-bond donors (Lipinski definition) is 1. The lowest BCUT2D eigenvalue weighted by atomic mass is 9.78. The number of aliphatic hydroxyl groups is 1. The quantitative estimate of drug-likeness (QED) is 0.628. The lowest BCUT2D eigenvalue weighted by Crippen LogP contribution is -2.43. The first-order valence-electron chi connectivity index (χ1n) is 9.68. The van der Waals surface area contributed by atoms with Gasteiger partial charge in [0.2, 0.25) is 0 Å². The summed E-state index contributed by atoms with van der Waals surface area (Å²) in [4.78, 5) is 0. The zero-order valence-corrected chi connectivity index (χ0v) is 16.4. The predicted molar refractivity (Wildman–Crippen MR) is 104 cm³/mol. The predicted octanol–water partition coefficient (Wildman–Crippen LogP) is 4.36. The molecule has 1 aliphatic carbocycles. The first-order valence-corrected chi connectivity index (χ1v) is 9.68. The van der Waals surface area contributed by atoms with Gasteiger partial charge < -0.3 is 19.3 Å². The molecule has 1 saturated carbocycles. The van der Waals surface area contributed by atoms with E-state index in [9.17, 15) is 5.11 Å². The Balaban J connectivity index is 2.07. The molecule has 0 amide bonds. The van der Waals surface area contributed by atoms with E-state index in [0.717, 1.165) is 24.2 Å². The first kappa shape index (κ1) is 20.9. The largest absolute Gasteiger partial charge is 0.497 e. The summed E-state index contributed by atoms with van der Waals surface area (Å²) in [5.74, 6) is 1.29. The van der Waals surface area contributed by atoms with Crippen molar-refractivity contribution in [1.29, 1.82) is 0 Å². The van der Waals surface area contributed by atoms with Crippen LogP contribution in [0.5, 0.6) is 5.75 Å². The Morgan fingerprint density at radius 2 is 1.81 bits per heavy atom. The zero-order chi connectivity index (χ0) is 18.9. The molecule has 0 unspecified atom stereocenters. The molecular weight excluding hydrogens is 328 g/mol. The highest BCUT2D eigenvalue weighted by Gasteiger charge is 2.35. The summed E-state index contributed by atoms with van der Waals surface area (Å²) in [7, 11) is 3.27. The van der Waals surface area contributed by atoms with Crippen LogP contribution in [0.25, 0.3) is 0 Å². The maximum Gasteiger partial charge on any atom is 0.118 e. The fraction of sp³-hybridized carbons (Fsp3) is 0.636. The van der Waals surface area contributed by atoms with Gasteiger partial charge in [-0.25, -0.2) is 0 Å². The van der Waals surface area contributed by atoms with Gasteiger partial charge in [0.1, 0.15) is 11.9 Å². The van der Waals surface area contributed by atoms with Gasteiger partial charge >= 0.3 is 0 Å². The Bertz CT molecular complexity index is 521.